The van der Waals surface area contributed by atoms with Crippen LogP contribution in [0.15, 0.2) is 76.8 Å². The summed E-state index contributed by atoms with van der Waals surface area (Å²) in [6.45, 7) is 12.6. The number of benzene rings is 3. The second kappa shape index (κ2) is 12.0. The van der Waals surface area contributed by atoms with Gasteiger partial charge in [-0.2, -0.15) is 9.78 Å². The van der Waals surface area contributed by atoms with Crippen LogP contribution >= 0.6 is 0 Å². The maximum atomic E-state index is 13.9. The van der Waals surface area contributed by atoms with Gasteiger partial charge in [0.2, 0.25) is 0 Å². The van der Waals surface area contributed by atoms with E-state index in [4.69, 9.17) is 19.6 Å². The third-order valence-electron chi connectivity index (χ3n) is 7.40. The van der Waals surface area contributed by atoms with Crippen molar-refractivity contribution in [2.24, 2.45) is 5.10 Å². The molecule has 0 amide bonds. The van der Waals surface area contributed by atoms with E-state index in [1.807, 2.05) is 80.1 Å². The number of aryl methyl sites for hydroxylation is 1. The number of carbonyl (C=O) groups excluding carboxylic acids is 1. The maximum Gasteiger partial charge on any atom is 0.328 e. The maximum absolute atomic E-state index is 13.9. The first-order valence-electron chi connectivity index (χ1n) is 14.3. The summed E-state index contributed by atoms with van der Waals surface area (Å²) in [5, 5.41) is 6.12. The lowest BCUT2D eigenvalue weighted by Crippen LogP contribution is -2.21. The van der Waals surface area contributed by atoms with Crippen LogP contribution in [0, 0.1) is 6.92 Å². The molecule has 0 saturated carbocycles. The molecule has 3 aromatic carbocycles. The highest BCUT2D eigenvalue weighted by Crippen LogP contribution is 2.34. The van der Waals surface area contributed by atoms with Crippen molar-refractivity contribution in [2.45, 2.75) is 53.5 Å². The number of carbonyl (C=O) groups is 1. The molecule has 2 heterocycles. The molecular weight excluding hydrogens is 528 g/mol. The van der Waals surface area contributed by atoms with Gasteiger partial charge in [0.05, 0.1) is 30.3 Å². The van der Waals surface area contributed by atoms with Crippen molar-refractivity contribution in [1.29, 1.82) is 0 Å². The standard InChI is InChI=1S/C34H36N4O4/c1-7-41-31-17-22(5)28(18-27(31)21(3)4)32-36-29-15-11-9-14-26(29)33(39)38(32)35-19-24-20-37(23(6)34(40)42-8-2)30-16-12-10-13-25(24)30/h9-21,23H,7-8H2,1-6H3/t23-/m0/s1. The Kier molecular flexibility index (Phi) is 8.24. The summed E-state index contributed by atoms with van der Waals surface area (Å²) in [5.74, 6) is 1.16. The highest BCUT2D eigenvalue weighted by atomic mass is 16.5. The molecular formula is C34H36N4O4. The number of esters is 1. The number of rotatable bonds is 9. The second-order valence-corrected chi connectivity index (χ2v) is 10.5. The van der Waals surface area contributed by atoms with Crippen molar-refractivity contribution >= 4 is 34.0 Å². The summed E-state index contributed by atoms with van der Waals surface area (Å²) >= 11 is 0. The van der Waals surface area contributed by atoms with Gasteiger partial charge in [-0.3, -0.25) is 4.79 Å². The van der Waals surface area contributed by atoms with E-state index in [0.29, 0.717) is 29.9 Å². The zero-order chi connectivity index (χ0) is 30.0. The molecule has 0 spiro atoms. The van der Waals surface area contributed by atoms with E-state index in [2.05, 4.69) is 19.9 Å². The van der Waals surface area contributed by atoms with Gasteiger partial charge in [0.25, 0.3) is 5.56 Å². The number of fused-ring (bicyclic) bond motifs is 2. The van der Waals surface area contributed by atoms with Crippen LogP contribution in [0.2, 0.25) is 0 Å². The lowest BCUT2D eigenvalue weighted by atomic mass is 9.96. The van der Waals surface area contributed by atoms with Gasteiger partial charge in [-0.05, 0) is 75.1 Å². The van der Waals surface area contributed by atoms with E-state index >= 15 is 0 Å². The fraction of sp³-hybridized carbons (Fsp3) is 0.294. The Morgan fingerprint density at radius 1 is 1.00 bits per heavy atom. The van der Waals surface area contributed by atoms with Gasteiger partial charge in [0.1, 0.15) is 11.8 Å². The Labute approximate surface area is 245 Å². The second-order valence-electron chi connectivity index (χ2n) is 10.5. The van der Waals surface area contributed by atoms with Crippen LogP contribution in [-0.4, -0.2) is 39.6 Å². The minimum atomic E-state index is -0.529. The van der Waals surface area contributed by atoms with E-state index in [1.165, 1.54) is 4.68 Å². The van der Waals surface area contributed by atoms with E-state index in [9.17, 15) is 9.59 Å². The van der Waals surface area contributed by atoms with Gasteiger partial charge in [0, 0.05) is 28.2 Å². The van der Waals surface area contributed by atoms with Crippen LogP contribution in [0.1, 0.15) is 63.3 Å². The molecule has 0 aliphatic rings. The van der Waals surface area contributed by atoms with Gasteiger partial charge >= 0.3 is 5.97 Å². The monoisotopic (exact) mass is 564 g/mol. The number of aromatic nitrogens is 3. The van der Waals surface area contributed by atoms with E-state index in [-0.39, 0.29) is 17.4 Å². The summed E-state index contributed by atoms with van der Waals surface area (Å²) < 4.78 is 14.5. The van der Waals surface area contributed by atoms with E-state index in [0.717, 1.165) is 38.9 Å². The summed E-state index contributed by atoms with van der Waals surface area (Å²) in [5.41, 5.74) is 4.73. The zero-order valence-corrected chi connectivity index (χ0v) is 24.9. The molecule has 0 aliphatic heterocycles. The van der Waals surface area contributed by atoms with Gasteiger partial charge in [-0.15, -0.1) is 0 Å². The van der Waals surface area contributed by atoms with Crippen LogP contribution in [0.3, 0.4) is 0 Å². The number of para-hydroxylation sites is 2. The topological polar surface area (TPSA) is 87.7 Å². The molecule has 0 radical (unpaired) electrons. The van der Waals surface area contributed by atoms with Gasteiger partial charge in [-0.1, -0.05) is 44.2 Å². The fourth-order valence-electron chi connectivity index (χ4n) is 5.23. The van der Waals surface area contributed by atoms with Crippen molar-refractivity contribution in [2.75, 3.05) is 13.2 Å². The molecule has 5 aromatic rings. The molecule has 0 N–H and O–H groups in total. The van der Waals surface area contributed by atoms with Crippen LogP contribution in [0.5, 0.6) is 5.75 Å². The first-order chi connectivity index (χ1) is 20.2. The van der Waals surface area contributed by atoms with Crippen molar-refractivity contribution in [1.82, 2.24) is 14.2 Å². The largest absolute Gasteiger partial charge is 0.494 e. The van der Waals surface area contributed by atoms with Crippen molar-refractivity contribution in [3.8, 4) is 17.1 Å². The first-order valence-corrected chi connectivity index (χ1v) is 14.3. The first kappa shape index (κ1) is 28.8. The highest BCUT2D eigenvalue weighted by molar-refractivity contribution is 6.00. The molecule has 0 fully saturated rings. The minimum Gasteiger partial charge on any atom is -0.494 e. The Bertz CT molecular complexity index is 1870. The Balaban J connectivity index is 1.71. The zero-order valence-electron chi connectivity index (χ0n) is 24.9. The average molecular weight is 565 g/mol. The Hall–Kier alpha value is -4.72. The summed E-state index contributed by atoms with van der Waals surface area (Å²) in [7, 11) is 0. The van der Waals surface area contributed by atoms with Gasteiger partial charge < -0.3 is 14.0 Å². The molecule has 0 bridgehead atoms. The van der Waals surface area contributed by atoms with Crippen LogP contribution in [0.4, 0.5) is 0 Å². The normalized spacial score (nSPS) is 12.5. The smallest absolute Gasteiger partial charge is 0.328 e. The predicted molar refractivity (Wildman–Crippen MR) is 168 cm³/mol. The van der Waals surface area contributed by atoms with Crippen molar-refractivity contribution < 1.29 is 14.3 Å². The van der Waals surface area contributed by atoms with Crippen molar-refractivity contribution in [3.05, 3.63) is 93.9 Å². The SMILES string of the molecule is CCOC(=O)[C@H](C)n1cc(C=Nn2c(-c3cc(C(C)C)c(OCC)cc3C)nc3ccccc3c2=O)c2ccccc21. The minimum absolute atomic E-state index is 0.197. The quantitative estimate of drug-likeness (QED) is 0.144. The molecule has 8 nitrogen and oxygen atoms in total. The summed E-state index contributed by atoms with van der Waals surface area (Å²) in [6, 6.07) is 18.6. The number of hydrogen-bond acceptors (Lipinski definition) is 6. The lowest BCUT2D eigenvalue weighted by Gasteiger charge is -2.18. The molecule has 8 heteroatoms. The predicted octanol–water partition coefficient (Wildman–Crippen LogP) is 6.86. The van der Waals surface area contributed by atoms with Crippen molar-refractivity contribution in [3.63, 3.8) is 0 Å². The Morgan fingerprint density at radius 2 is 1.71 bits per heavy atom. The van der Waals surface area contributed by atoms with Gasteiger partial charge in [0.15, 0.2) is 5.82 Å². The Morgan fingerprint density at radius 3 is 2.43 bits per heavy atom. The number of hydrogen-bond donors (Lipinski definition) is 0. The molecule has 2 aromatic heterocycles. The van der Waals surface area contributed by atoms with E-state index in [1.54, 1.807) is 19.2 Å². The summed E-state index contributed by atoms with van der Waals surface area (Å²) in [4.78, 5) is 31.4. The third-order valence-corrected chi connectivity index (χ3v) is 7.40. The molecule has 0 aliphatic carbocycles. The summed E-state index contributed by atoms with van der Waals surface area (Å²) in [6.07, 6.45) is 3.53. The molecule has 216 valence electrons. The molecule has 1 atom stereocenters. The molecule has 0 saturated heterocycles. The molecule has 5 rings (SSSR count). The van der Waals surface area contributed by atoms with E-state index < -0.39 is 6.04 Å². The van der Waals surface area contributed by atoms with Crippen LogP contribution in [-0.2, 0) is 9.53 Å². The van der Waals surface area contributed by atoms with Gasteiger partial charge in [-0.25, -0.2) is 9.78 Å². The van der Waals surface area contributed by atoms with Crippen LogP contribution in [0.25, 0.3) is 33.2 Å². The number of ether oxygens (including phenoxy) is 2. The number of nitrogens with zero attached hydrogens (tertiary/aromatic N) is 4. The third kappa shape index (κ3) is 5.32. The lowest BCUT2D eigenvalue weighted by molar-refractivity contribution is -0.146. The highest BCUT2D eigenvalue weighted by Gasteiger charge is 2.21. The fourth-order valence-corrected chi connectivity index (χ4v) is 5.23. The molecule has 42 heavy (non-hydrogen) atoms. The van der Waals surface area contributed by atoms with Crippen LogP contribution < -0.4 is 10.3 Å². The average Bonchev–Trinajstić information content (AvgIpc) is 3.35. The molecule has 0 unspecified atom stereocenters.